The lowest BCUT2D eigenvalue weighted by molar-refractivity contribution is 0.0156. The van der Waals surface area contributed by atoms with Gasteiger partial charge in [0.2, 0.25) is 0 Å². The van der Waals surface area contributed by atoms with E-state index in [9.17, 15) is 0 Å². The van der Waals surface area contributed by atoms with Crippen molar-refractivity contribution in [3.8, 4) is 11.5 Å². The lowest BCUT2D eigenvalue weighted by atomic mass is 9.97. The van der Waals surface area contributed by atoms with Crippen molar-refractivity contribution in [3.63, 3.8) is 0 Å². The Bertz CT molecular complexity index is 946. The van der Waals surface area contributed by atoms with Gasteiger partial charge in [-0.1, -0.05) is 52.3 Å². The fraction of sp³-hybridized carbons (Fsp3) is 0.182. The number of fused-ring (bicyclic) bond motifs is 1. The van der Waals surface area contributed by atoms with Gasteiger partial charge in [-0.25, -0.2) is 0 Å². The first-order valence-electron chi connectivity index (χ1n) is 8.68. The summed E-state index contributed by atoms with van der Waals surface area (Å²) in [5, 5.41) is 3.49. The van der Waals surface area contributed by atoms with E-state index in [1.54, 1.807) is 14.2 Å². The number of hydrogen-bond acceptors (Lipinski definition) is 4. The quantitative estimate of drug-likeness (QED) is 0.581. The molecule has 27 heavy (non-hydrogen) atoms. The maximum Gasteiger partial charge on any atom is 0.161 e. The smallest absolute Gasteiger partial charge is 0.161 e. The van der Waals surface area contributed by atoms with Crippen molar-refractivity contribution in [2.45, 2.75) is 12.3 Å². The van der Waals surface area contributed by atoms with Crippen molar-refractivity contribution in [1.82, 2.24) is 0 Å². The molecule has 2 atom stereocenters. The van der Waals surface area contributed by atoms with E-state index < -0.39 is 0 Å². The van der Waals surface area contributed by atoms with Crippen LogP contribution < -0.4 is 14.8 Å². The fourth-order valence-electron chi connectivity index (χ4n) is 3.33. The molecule has 1 aliphatic rings. The number of anilines is 1. The fourth-order valence-corrected chi connectivity index (χ4v) is 3.71. The molecule has 0 fully saturated rings. The molecule has 4 rings (SSSR count). The predicted octanol–water partition coefficient (Wildman–Crippen LogP) is 5.70. The number of hydrogen-bond donors (Lipinski definition) is 1. The second kappa shape index (κ2) is 7.62. The van der Waals surface area contributed by atoms with Crippen LogP contribution in [0.1, 0.15) is 29.0 Å². The third-order valence-corrected chi connectivity index (χ3v) is 5.16. The number of methoxy groups -OCH3 is 2. The van der Waals surface area contributed by atoms with Crippen LogP contribution in [0.3, 0.4) is 0 Å². The molecule has 0 saturated heterocycles. The molecule has 1 aliphatic heterocycles. The van der Waals surface area contributed by atoms with Gasteiger partial charge in [-0.15, -0.1) is 0 Å². The highest BCUT2D eigenvalue weighted by Crippen LogP contribution is 2.43. The number of nitrogens with one attached hydrogen (secondary N) is 1. The molecule has 0 saturated carbocycles. The average Bonchev–Trinajstić information content (AvgIpc) is 2.73. The van der Waals surface area contributed by atoms with Crippen LogP contribution in [0, 0.1) is 0 Å². The van der Waals surface area contributed by atoms with E-state index in [0.717, 1.165) is 26.9 Å². The molecule has 0 spiro atoms. The van der Waals surface area contributed by atoms with Gasteiger partial charge in [0, 0.05) is 21.3 Å². The average molecular weight is 426 g/mol. The molecule has 0 bridgehead atoms. The predicted molar refractivity (Wildman–Crippen MR) is 109 cm³/mol. The van der Waals surface area contributed by atoms with Crippen LogP contribution in [0.15, 0.2) is 71.2 Å². The van der Waals surface area contributed by atoms with Gasteiger partial charge in [0.15, 0.2) is 17.7 Å². The maximum atomic E-state index is 6.48. The molecule has 1 N–H and O–H groups in total. The van der Waals surface area contributed by atoms with E-state index in [2.05, 4.69) is 45.5 Å². The Morgan fingerprint density at radius 3 is 2.37 bits per heavy atom. The van der Waals surface area contributed by atoms with Gasteiger partial charge < -0.3 is 19.5 Å². The monoisotopic (exact) mass is 425 g/mol. The van der Waals surface area contributed by atoms with Crippen molar-refractivity contribution in [3.05, 3.63) is 87.9 Å². The van der Waals surface area contributed by atoms with Crippen LogP contribution in [0.25, 0.3) is 0 Å². The molecule has 4 nitrogen and oxygen atoms in total. The summed E-state index contributed by atoms with van der Waals surface area (Å²) in [5.74, 6) is 1.37. The van der Waals surface area contributed by atoms with Gasteiger partial charge in [-0.3, -0.25) is 0 Å². The van der Waals surface area contributed by atoms with Crippen LogP contribution in [0.2, 0.25) is 0 Å². The van der Waals surface area contributed by atoms with Gasteiger partial charge >= 0.3 is 0 Å². The van der Waals surface area contributed by atoms with Gasteiger partial charge in [-0.2, -0.15) is 0 Å². The van der Waals surface area contributed by atoms with Crippen LogP contribution in [-0.2, 0) is 4.74 Å². The zero-order chi connectivity index (χ0) is 18.8. The van der Waals surface area contributed by atoms with Crippen LogP contribution in [-0.4, -0.2) is 14.2 Å². The van der Waals surface area contributed by atoms with E-state index in [4.69, 9.17) is 14.2 Å². The molecular formula is C22H20BrNO3. The third-order valence-electron chi connectivity index (χ3n) is 4.67. The van der Waals surface area contributed by atoms with E-state index in [0.29, 0.717) is 11.5 Å². The topological polar surface area (TPSA) is 39.7 Å². The summed E-state index contributed by atoms with van der Waals surface area (Å²) < 4.78 is 18.3. The molecule has 3 aromatic rings. The number of benzene rings is 3. The Kier molecular flexibility index (Phi) is 5.05. The minimum Gasteiger partial charge on any atom is -0.493 e. The Morgan fingerprint density at radius 2 is 1.63 bits per heavy atom. The van der Waals surface area contributed by atoms with Gasteiger partial charge in [0.25, 0.3) is 0 Å². The Hall–Kier alpha value is -2.50. The Labute approximate surface area is 167 Å². The molecule has 0 unspecified atom stereocenters. The molecule has 0 radical (unpaired) electrons. The lowest BCUT2D eigenvalue weighted by Gasteiger charge is -2.34. The Balaban J connectivity index is 1.76. The maximum absolute atomic E-state index is 6.48. The third kappa shape index (κ3) is 3.53. The van der Waals surface area contributed by atoms with E-state index >= 15 is 0 Å². The number of halogens is 1. The first kappa shape index (κ1) is 17.9. The summed E-state index contributed by atoms with van der Waals surface area (Å²) in [6, 6.07) is 22.3. The van der Waals surface area contributed by atoms with Gasteiger partial charge in [0.05, 0.1) is 14.2 Å². The van der Waals surface area contributed by atoms with Crippen molar-refractivity contribution >= 4 is 21.6 Å². The highest BCUT2D eigenvalue weighted by Gasteiger charge is 2.30. The first-order valence-corrected chi connectivity index (χ1v) is 9.47. The van der Waals surface area contributed by atoms with E-state index in [-0.39, 0.29) is 12.3 Å². The van der Waals surface area contributed by atoms with Crippen LogP contribution in [0.4, 0.5) is 5.69 Å². The Morgan fingerprint density at radius 1 is 0.852 bits per heavy atom. The summed E-state index contributed by atoms with van der Waals surface area (Å²) in [6.45, 7) is 0. The number of ether oxygens (including phenoxy) is 3. The second-order valence-corrected chi connectivity index (χ2v) is 7.21. The summed E-state index contributed by atoms with van der Waals surface area (Å²) in [7, 11) is 3.27. The summed E-state index contributed by atoms with van der Waals surface area (Å²) in [4.78, 5) is 0. The van der Waals surface area contributed by atoms with Crippen LogP contribution >= 0.6 is 15.9 Å². The summed E-state index contributed by atoms with van der Waals surface area (Å²) in [5.41, 5.74) is 4.25. The number of rotatable bonds is 4. The largest absolute Gasteiger partial charge is 0.493 e. The van der Waals surface area contributed by atoms with Crippen molar-refractivity contribution in [1.29, 1.82) is 0 Å². The molecule has 1 heterocycles. The zero-order valence-electron chi connectivity index (χ0n) is 15.1. The molecule has 3 aromatic carbocycles. The van der Waals surface area contributed by atoms with Crippen molar-refractivity contribution < 1.29 is 14.2 Å². The zero-order valence-corrected chi connectivity index (χ0v) is 16.7. The minimum absolute atomic E-state index is 0.168. The standard InChI is InChI=1S/C22H20BrNO3/c1-25-19-11-8-15(12-20(19)26-2)22-24-18-10-9-16(23)13-17(18)21(27-22)14-6-4-3-5-7-14/h3-13,21-22,24H,1-2H3/t21-,22+/m0/s1. The second-order valence-electron chi connectivity index (χ2n) is 6.30. The molecule has 0 aliphatic carbocycles. The lowest BCUT2D eigenvalue weighted by Crippen LogP contribution is -2.25. The highest BCUT2D eigenvalue weighted by atomic mass is 79.9. The molecule has 0 amide bonds. The minimum atomic E-state index is -0.302. The SMILES string of the molecule is COc1ccc([C@@H]2Nc3ccc(Br)cc3[C@H](c3ccccc3)O2)cc1OC. The van der Waals surface area contributed by atoms with Gasteiger partial charge in [0.1, 0.15) is 6.10 Å². The summed E-state index contributed by atoms with van der Waals surface area (Å²) >= 11 is 3.57. The van der Waals surface area contributed by atoms with Crippen molar-refractivity contribution in [2.24, 2.45) is 0 Å². The molecule has 0 aromatic heterocycles. The summed E-state index contributed by atoms with van der Waals surface area (Å²) in [6.07, 6.45) is -0.471. The van der Waals surface area contributed by atoms with E-state index in [1.807, 2.05) is 42.5 Å². The van der Waals surface area contributed by atoms with Gasteiger partial charge in [-0.05, 0) is 35.9 Å². The first-order chi connectivity index (χ1) is 13.2. The highest BCUT2D eigenvalue weighted by molar-refractivity contribution is 9.10. The van der Waals surface area contributed by atoms with Crippen molar-refractivity contribution in [2.75, 3.05) is 19.5 Å². The van der Waals surface area contributed by atoms with E-state index in [1.165, 1.54) is 0 Å². The normalized spacial score (nSPS) is 18.3. The van der Waals surface area contributed by atoms with Crippen LogP contribution in [0.5, 0.6) is 11.5 Å². The molecule has 138 valence electrons. The molecule has 5 heteroatoms. The molecular weight excluding hydrogens is 406 g/mol.